The van der Waals surface area contributed by atoms with Gasteiger partial charge in [0.1, 0.15) is 0 Å². The molecule has 0 bridgehead atoms. The number of primary amides is 1. The number of nitro groups is 1. The lowest BCUT2D eigenvalue weighted by atomic mass is 9.95. The van der Waals surface area contributed by atoms with Crippen LogP contribution in [0.3, 0.4) is 0 Å². The molecule has 0 saturated carbocycles. The maximum absolute atomic E-state index is 12.0. The van der Waals surface area contributed by atoms with Crippen LogP contribution in [0, 0.1) is 10.1 Å². The second-order valence-corrected chi connectivity index (χ2v) is 5.32. The van der Waals surface area contributed by atoms with Gasteiger partial charge >= 0.3 is 0 Å². The van der Waals surface area contributed by atoms with Crippen molar-refractivity contribution in [2.24, 2.45) is 5.73 Å². The van der Waals surface area contributed by atoms with E-state index < -0.39 is 23.2 Å². The number of rotatable bonds is 6. The molecule has 2 N–H and O–H groups in total. The maximum atomic E-state index is 12.0. The van der Waals surface area contributed by atoms with Gasteiger partial charge in [0.25, 0.3) is 6.54 Å². The highest BCUT2D eigenvalue weighted by molar-refractivity contribution is 6.33. The topological polar surface area (TPSA) is 103 Å². The first kappa shape index (κ1) is 16.6. The van der Waals surface area contributed by atoms with Gasteiger partial charge in [-0.3, -0.25) is 19.7 Å². The fourth-order valence-electron chi connectivity index (χ4n) is 2.25. The van der Waals surface area contributed by atoms with Crippen molar-refractivity contribution in [3.05, 3.63) is 68.7 Å². The predicted molar refractivity (Wildman–Crippen MR) is 86.0 cm³/mol. The van der Waals surface area contributed by atoms with Gasteiger partial charge in [-0.05, 0) is 17.2 Å². The fourth-order valence-corrected chi connectivity index (χ4v) is 2.56. The van der Waals surface area contributed by atoms with E-state index in [9.17, 15) is 19.7 Å². The van der Waals surface area contributed by atoms with Gasteiger partial charge in [0, 0.05) is 21.1 Å². The summed E-state index contributed by atoms with van der Waals surface area (Å²) in [6.07, 6.45) is 0.0574. The van der Waals surface area contributed by atoms with E-state index in [4.69, 9.17) is 17.3 Å². The number of carbonyl (C=O) groups excluding carboxylic acids is 2. The van der Waals surface area contributed by atoms with E-state index in [-0.39, 0.29) is 12.0 Å². The summed E-state index contributed by atoms with van der Waals surface area (Å²) in [6.45, 7) is -0.783. The molecule has 0 unspecified atom stereocenters. The minimum Gasteiger partial charge on any atom is -0.369 e. The minimum atomic E-state index is -0.783. The van der Waals surface area contributed by atoms with Gasteiger partial charge in [-0.2, -0.15) is 0 Å². The average molecular weight is 333 g/mol. The first-order chi connectivity index (χ1) is 10.9. The van der Waals surface area contributed by atoms with Gasteiger partial charge in [0.05, 0.1) is 6.42 Å². The van der Waals surface area contributed by atoms with Crippen molar-refractivity contribution < 1.29 is 14.5 Å². The summed E-state index contributed by atoms with van der Waals surface area (Å²) in [7, 11) is 0. The molecule has 0 aromatic heterocycles. The summed E-state index contributed by atoms with van der Waals surface area (Å²) in [5, 5.41) is 10.9. The van der Waals surface area contributed by atoms with Crippen LogP contribution < -0.4 is 5.73 Å². The number of nitrogens with zero attached hydrogens (tertiary/aromatic N) is 1. The van der Waals surface area contributed by atoms with Gasteiger partial charge < -0.3 is 5.73 Å². The van der Waals surface area contributed by atoms with Crippen molar-refractivity contribution in [1.82, 2.24) is 0 Å². The van der Waals surface area contributed by atoms with Gasteiger partial charge in [-0.15, -0.1) is 0 Å². The largest absolute Gasteiger partial charge is 0.369 e. The van der Waals surface area contributed by atoms with E-state index in [1.54, 1.807) is 36.4 Å². The molecule has 118 valence electrons. The summed E-state index contributed by atoms with van der Waals surface area (Å²) < 4.78 is 0. The summed E-state index contributed by atoms with van der Waals surface area (Å²) in [6, 6.07) is 11.5. The normalized spacial score (nSPS) is 10.3. The molecule has 1 amide bonds. The Balaban J connectivity index is 2.44. The van der Waals surface area contributed by atoms with Gasteiger partial charge in [-0.25, -0.2) is 0 Å². The molecule has 0 fully saturated rings. The lowest BCUT2D eigenvalue weighted by Crippen LogP contribution is -2.15. The van der Waals surface area contributed by atoms with Crippen LogP contribution in [0.4, 0.5) is 0 Å². The highest BCUT2D eigenvalue weighted by Crippen LogP contribution is 2.31. The number of amides is 1. The number of carbonyl (C=O) groups is 2. The quantitative estimate of drug-likeness (QED) is 0.498. The van der Waals surface area contributed by atoms with E-state index in [0.717, 1.165) is 0 Å². The molecule has 7 heteroatoms. The van der Waals surface area contributed by atoms with Crippen LogP contribution in [0.2, 0.25) is 5.02 Å². The number of hydrogen-bond acceptors (Lipinski definition) is 4. The standard InChI is InChI=1S/C16H13ClN2O4/c17-14-7-10(8-16(18)21)5-6-12(14)11-3-1-2-4-13(11)15(20)9-19(22)23/h1-7H,8-9H2,(H2,18,21). The van der Waals surface area contributed by atoms with Crippen molar-refractivity contribution in [1.29, 1.82) is 0 Å². The Morgan fingerprint density at radius 3 is 2.43 bits per heavy atom. The molecule has 0 aliphatic rings. The summed E-state index contributed by atoms with van der Waals surface area (Å²) >= 11 is 6.23. The van der Waals surface area contributed by atoms with Crippen LogP contribution in [-0.4, -0.2) is 23.2 Å². The van der Waals surface area contributed by atoms with E-state index in [1.807, 2.05) is 0 Å². The Morgan fingerprint density at radius 1 is 1.13 bits per heavy atom. The van der Waals surface area contributed by atoms with Crippen molar-refractivity contribution in [3.8, 4) is 11.1 Å². The highest BCUT2D eigenvalue weighted by Gasteiger charge is 2.18. The SMILES string of the molecule is NC(=O)Cc1ccc(-c2ccccc2C(=O)C[N+](=O)[O-])c(Cl)c1. The van der Waals surface area contributed by atoms with Gasteiger partial charge in [-0.1, -0.05) is 48.0 Å². The lowest BCUT2D eigenvalue weighted by Gasteiger charge is -2.10. The van der Waals surface area contributed by atoms with E-state index in [1.165, 1.54) is 6.07 Å². The summed E-state index contributed by atoms with van der Waals surface area (Å²) in [4.78, 5) is 32.9. The van der Waals surface area contributed by atoms with Crippen molar-refractivity contribution in [2.45, 2.75) is 6.42 Å². The monoisotopic (exact) mass is 332 g/mol. The molecule has 0 radical (unpaired) electrons. The molecule has 23 heavy (non-hydrogen) atoms. The Morgan fingerprint density at radius 2 is 1.83 bits per heavy atom. The van der Waals surface area contributed by atoms with Crippen LogP contribution in [-0.2, 0) is 11.2 Å². The van der Waals surface area contributed by atoms with Crippen molar-refractivity contribution >= 4 is 23.3 Å². The fraction of sp³-hybridized carbons (Fsp3) is 0.125. The zero-order chi connectivity index (χ0) is 17.0. The molecule has 6 nitrogen and oxygen atoms in total. The lowest BCUT2D eigenvalue weighted by molar-refractivity contribution is -0.465. The number of hydrogen-bond donors (Lipinski definition) is 1. The average Bonchev–Trinajstić information content (AvgIpc) is 2.46. The molecule has 2 aromatic rings. The number of Topliss-reactive ketones (excluding diaryl/α,β-unsaturated/α-hetero) is 1. The van der Waals surface area contributed by atoms with E-state index in [0.29, 0.717) is 21.7 Å². The number of halogens is 1. The molecule has 0 spiro atoms. The molecule has 0 saturated heterocycles. The third-order valence-corrected chi connectivity index (χ3v) is 3.51. The number of ketones is 1. The maximum Gasteiger partial charge on any atom is 0.265 e. The van der Waals surface area contributed by atoms with Crippen molar-refractivity contribution in [3.63, 3.8) is 0 Å². The number of benzene rings is 2. The minimum absolute atomic E-state index is 0.0574. The first-order valence-electron chi connectivity index (χ1n) is 6.69. The van der Waals surface area contributed by atoms with Gasteiger partial charge in [0.15, 0.2) is 0 Å². The van der Waals surface area contributed by atoms with Crippen LogP contribution in [0.25, 0.3) is 11.1 Å². The third-order valence-electron chi connectivity index (χ3n) is 3.20. The van der Waals surface area contributed by atoms with Crippen LogP contribution in [0.15, 0.2) is 42.5 Å². The first-order valence-corrected chi connectivity index (χ1v) is 7.07. The predicted octanol–water partition coefficient (Wildman–Crippen LogP) is 2.49. The van der Waals surface area contributed by atoms with Crippen molar-refractivity contribution in [2.75, 3.05) is 6.54 Å². The Labute approximate surface area is 137 Å². The second-order valence-electron chi connectivity index (χ2n) is 4.92. The second kappa shape index (κ2) is 7.02. The molecular formula is C16H13ClN2O4. The summed E-state index contributed by atoms with van der Waals surface area (Å²) in [5.41, 5.74) is 7.10. The molecular weight excluding hydrogens is 320 g/mol. The molecule has 0 aliphatic carbocycles. The Kier molecular flexibility index (Phi) is 5.08. The van der Waals surface area contributed by atoms with Crippen LogP contribution in [0.5, 0.6) is 0 Å². The van der Waals surface area contributed by atoms with Gasteiger partial charge in [0.2, 0.25) is 11.7 Å². The van der Waals surface area contributed by atoms with E-state index in [2.05, 4.69) is 0 Å². The molecule has 2 aromatic carbocycles. The molecule has 0 aliphatic heterocycles. The zero-order valence-corrected chi connectivity index (χ0v) is 12.7. The molecule has 2 rings (SSSR count). The smallest absolute Gasteiger partial charge is 0.265 e. The highest BCUT2D eigenvalue weighted by atomic mass is 35.5. The van der Waals surface area contributed by atoms with Crippen LogP contribution in [0.1, 0.15) is 15.9 Å². The third kappa shape index (κ3) is 4.14. The zero-order valence-electron chi connectivity index (χ0n) is 12.0. The summed E-state index contributed by atoms with van der Waals surface area (Å²) in [5.74, 6) is -1.07. The number of nitrogens with two attached hydrogens (primary N) is 1. The Hall–Kier alpha value is -2.73. The molecule has 0 atom stereocenters. The van der Waals surface area contributed by atoms with Crippen LogP contribution >= 0.6 is 11.6 Å². The van der Waals surface area contributed by atoms with E-state index >= 15 is 0 Å². The molecule has 0 heterocycles. The Bertz CT molecular complexity index is 789.